The molecule has 0 spiro atoms. The fraction of sp³-hybridized carbons (Fsp3) is 0.444. The second kappa shape index (κ2) is 8.29. The number of rotatable bonds is 0. The van der Waals surface area contributed by atoms with Crippen LogP contribution < -0.4 is 31.6 Å². The summed E-state index contributed by atoms with van der Waals surface area (Å²) in [5.74, 6) is 0. The van der Waals surface area contributed by atoms with Crippen molar-refractivity contribution in [2.75, 3.05) is 0 Å². The van der Waals surface area contributed by atoms with Crippen LogP contribution in [0.3, 0.4) is 0 Å². The quantitative estimate of drug-likeness (QED) is 0.116. The van der Waals surface area contributed by atoms with Crippen molar-refractivity contribution in [3.63, 3.8) is 0 Å². The van der Waals surface area contributed by atoms with E-state index in [4.69, 9.17) is 0 Å². The van der Waals surface area contributed by atoms with Gasteiger partial charge in [0.1, 0.15) is 23.9 Å². The zero-order chi connectivity index (χ0) is 22.7. The predicted octanol–water partition coefficient (Wildman–Crippen LogP) is -3.60. The minimum absolute atomic E-state index is 0. The molecule has 0 aliphatic carbocycles. The first-order valence-electron chi connectivity index (χ1n) is 8.97. The molecule has 168 valence electrons. The summed E-state index contributed by atoms with van der Waals surface area (Å²) >= 11 is 0. The molecule has 0 saturated heterocycles. The normalized spacial score (nSPS) is 10.8. The first kappa shape index (κ1) is 24.3. The second-order valence-electron chi connectivity index (χ2n) is 7.19. The summed E-state index contributed by atoms with van der Waals surface area (Å²) in [7, 11) is 13.2. The van der Waals surface area contributed by atoms with Gasteiger partial charge in [0, 0.05) is 56.4 Å². The Morgan fingerprint density at radius 2 is 0.871 bits per heavy atom. The molecule has 13 heteroatoms. The van der Waals surface area contributed by atoms with Gasteiger partial charge in [0.2, 0.25) is 11.1 Å². The van der Waals surface area contributed by atoms with Crippen molar-refractivity contribution in [3.05, 3.63) is 54.3 Å². The van der Waals surface area contributed by atoms with E-state index in [-0.39, 0.29) is 44.9 Å². The van der Waals surface area contributed by atoms with Gasteiger partial charge < -0.3 is 18.3 Å². The topological polar surface area (TPSA) is 106 Å². The minimum atomic E-state index is -0.331. The van der Waals surface area contributed by atoms with Crippen molar-refractivity contribution in [2.24, 2.45) is 56.4 Å². The van der Waals surface area contributed by atoms with E-state index in [0.717, 1.165) is 9.13 Å². The average Bonchev–Trinajstić information content (AvgIpc) is 3.16. The molecule has 0 N–H and O–H groups in total. The van der Waals surface area contributed by atoms with Crippen LogP contribution in [0.15, 0.2) is 19.2 Å². The van der Waals surface area contributed by atoms with Gasteiger partial charge in [-0.1, -0.05) is 0 Å². The Labute approximate surface area is 191 Å². The summed E-state index contributed by atoms with van der Waals surface area (Å²) in [4.78, 5) is 47.0. The van der Waals surface area contributed by atoms with Gasteiger partial charge in [-0.2, -0.15) is 0 Å². The molecule has 0 atom stereocenters. The van der Waals surface area contributed by atoms with Crippen LogP contribution in [0.4, 0.5) is 0 Å². The van der Waals surface area contributed by atoms with Crippen LogP contribution in [0.25, 0.3) is 22.3 Å². The average molecular weight is 613 g/mol. The fourth-order valence-corrected chi connectivity index (χ4v) is 3.63. The Bertz CT molecular complexity index is 1440. The summed E-state index contributed by atoms with van der Waals surface area (Å²) in [5, 5.41) is 0. The third-order valence-electron chi connectivity index (χ3n) is 5.13. The summed E-state index contributed by atoms with van der Waals surface area (Å²) < 4.78 is 11.5. The third-order valence-corrected chi connectivity index (χ3v) is 5.13. The van der Waals surface area contributed by atoms with E-state index in [0.29, 0.717) is 22.3 Å². The Kier molecular flexibility index (Phi) is 6.50. The van der Waals surface area contributed by atoms with Gasteiger partial charge in [-0.05, 0) is 0 Å². The van der Waals surface area contributed by atoms with E-state index < -0.39 is 0 Å². The van der Waals surface area contributed by atoms with Crippen molar-refractivity contribution in [1.29, 1.82) is 0 Å². The zero-order valence-electron chi connectivity index (χ0n) is 18.5. The van der Waals surface area contributed by atoms with E-state index >= 15 is 0 Å². The molecule has 0 aliphatic heterocycles. The van der Waals surface area contributed by atoms with Gasteiger partial charge in [-0.15, -0.1) is 0 Å². The molecule has 12 nitrogen and oxygen atoms in total. The SMILES string of the molecule is Cn1c(=O)c2c(n(C)c1=O)[n+](C)[c-]n2C.Cn1c(=O)c2c(n(C)c1=O)[n+](C)[c-]n2C.[Au+3]. The van der Waals surface area contributed by atoms with Gasteiger partial charge in [-0.3, -0.25) is 27.9 Å². The third kappa shape index (κ3) is 3.56. The molecule has 4 heterocycles. The molecule has 0 saturated carbocycles. The van der Waals surface area contributed by atoms with Gasteiger partial charge in [0.15, 0.2) is 0 Å². The summed E-state index contributed by atoms with van der Waals surface area (Å²) in [6, 6.07) is 0. The van der Waals surface area contributed by atoms with Crippen LogP contribution in [0, 0.1) is 12.7 Å². The largest absolute Gasteiger partial charge is 3.00 e. The van der Waals surface area contributed by atoms with E-state index in [2.05, 4.69) is 12.7 Å². The van der Waals surface area contributed by atoms with Crippen LogP contribution in [-0.2, 0) is 78.8 Å². The molecular formula is C18H24AuN8O4+3. The maximum Gasteiger partial charge on any atom is 3.00 e. The summed E-state index contributed by atoms with van der Waals surface area (Å²) in [6.07, 6.45) is 5.82. The summed E-state index contributed by atoms with van der Waals surface area (Å²) in [6.45, 7) is 0. The molecule has 4 rings (SSSR count). The maximum atomic E-state index is 11.8. The number of nitrogens with zero attached hydrogens (tertiary/aromatic N) is 8. The van der Waals surface area contributed by atoms with Gasteiger partial charge in [-0.25, -0.2) is 9.59 Å². The van der Waals surface area contributed by atoms with Crippen LogP contribution in [-0.4, -0.2) is 27.4 Å². The van der Waals surface area contributed by atoms with E-state index in [9.17, 15) is 19.2 Å². The standard InChI is InChI=1S/2C9H12N4O2.Au/c2*1-10-5-11(2)7-6(10)8(14)13(4)9(15)12(7)3;/h2*1-4H3;/q;;+3. The summed E-state index contributed by atoms with van der Waals surface area (Å²) in [5.41, 5.74) is 0.839. The number of aryl methyl sites for hydroxylation is 6. The molecule has 0 bridgehead atoms. The molecule has 0 radical (unpaired) electrons. The smallest absolute Gasteiger partial charge is 0.374 e. The van der Waals surface area contributed by atoms with E-state index in [1.165, 1.54) is 23.2 Å². The van der Waals surface area contributed by atoms with Crippen LogP contribution in [0.5, 0.6) is 0 Å². The molecule has 0 aliphatic rings. The molecule has 0 amide bonds. The van der Waals surface area contributed by atoms with Gasteiger partial charge in [0.05, 0.1) is 11.0 Å². The molecule has 0 aromatic carbocycles. The second-order valence-corrected chi connectivity index (χ2v) is 7.19. The number of hydrogen-bond acceptors (Lipinski definition) is 4. The minimum Gasteiger partial charge on any atom is -0.374 e. The molecule has 0 unspecified atom stereocenters. The first-order chi connectivity index (χ1) is 13.9. The maximum absolute atomic E-state index is 11.8. The first-order valence-corrected chi connectivity index (χ1v) is 8.97. The van der Waals surface area contributed by atoms with Crippen LogP contribution in [0.2, 0.25) is 0 Å². The predicted molar refractivity (Wildman–Crippen MR) is 107 cm³/mol. The van der Waals surface area contributed by atoms with Crippen molar-refractivity contribution >= 4 is 22.3 Å². The van der Waals surface area contributed by atoms with Crippen molar-refractivity contribution in [2.45, 2.75) is 0 Å². The molecular weight excluding hydrogens is 589 g/mol. The van der Waals surface area contributed by atoms with Crippen LogP contribution >= 0.6 is 0 Å². The molecule has 4 aromatic heterocycles. The Balaban J connectivity index is 0.000000213. The fourth-order valence-electron chi connectivity index (χ4n) is 3.63. The van der Waals surface area contributed by atoms with Gasteiger partial charge >= 0.3 is 33.8 Å². The van der Waals surface area contributed by atoms with Gasteiger partial charge in [0.25, 0.3) is 0 Å². The monoisotopic (exact) mass is 613 g/mol. The molecule has 31 heavy (non-hydrogen) atoms. The van der Waals surface area contributed by atoms with E-state index in [1.807, 2.05) is 0 Å². The number of fused-ring (bicyclic) bond motifs is 2. The van der Waals surface area contributed by atoms with Crippen molar-refractivity contribution in [3.8, 4) is 0 Å². The van der Waals surface area contributed by atoms with Crippen LogP contribution in [0.1, 0.15) is 0 Å². The molecule has 4 aromatic rings. The Hall–Kier alpha value is -2.96. The molecule has 0 fully saturated rings. The Morgan fingerprint density at radius 3 is 1.16 bits per heavy atom. The zero-order valence-corrected chi connectivity index (χ0v) is 20.7. The number of aromatic nitrogens is 8. The number of hydrogen-bond donors (Lipinski definition) is 0. The van der Waals surface area contributed by atoms with E-state index in [1.54, 1.807) is 60.6 Å². The number of imidazole rings is 2. The Morgan fingerprint density at radius 1 is 0.581 bits per heavy atom. The van der Waals surface area contributed by atoms with Crippen molar-refractivity contribution in [1.82, 2.24) is 27.4 Å². The van der Waals surface area contributed by atoms with Crippen molar-refractivity contribution < 1.29 is 31.5 Å².